The molecule has 0 heterocycles. The maximum Gasteiger partial charge on any atom is 0.313 e. The Hall–Kier alpha value is -4.33. The highest BCUT2D eigenvalue weighted by molar-refractivity contribution is 6.40. The first-order valence-electron chi connectivity index (χ1n) is 10.2. The van der Waals surface area contributed by atoms with E-state index in [1.165, 1.54) is 7.11 Å². The van der Waals surface area contributed by atoms with Gasteiger partial charge in [-0.3, -0.25) is 14.4 Å². The van der Waals surface area contributed by atoms with E-state index in [1.54, 1.807) is 43.5 Å². The SMILES string of the molecule is COc1cccc(CNC(=O)c2ccccc2NC(=O)C(=O)NCc2ccccc2OC)c1. The van der Waals surface area contributed by atoms with Gasteiger partial charge in [0.15, 0.2) is 0 Å². The van der Waals surface area contributed by atoms with Crippen molar-refractivity contribution in [1.82, 2.24) is 10.6 Å². The molecule has 0 aliphatic carbocycles. The number of carbonyl (C=O) groups is 3. The summed E-state index contributed by atoms with van der Waals surface area (Å²) in [6.45, 7) is 0.399. The van der Waals surface area contributed by atoms with E-state index < -0.39 is 11.8 Å². The van der Waals surface area contributed by atoms with Gasteiger partial charge in [-0.05, 0) is 35.9 Å². The number of anilines is 1. The van der Waals surface area contributed by atoms with E-state index in [4.69, 9.17) is 9.47 Å². The third-order valence-corrected chi connectivity index (χ3v) is 4.85. The molecule has 3 N–H and O–H groups in total. The topological polar surface area (TPSA) is 106 Å². The number of hydrogen-bond donors (Lipinski definition) is 3. The number of ether oxygens (including phenoxy) is 2. The molecule has 170 valence electrons. The Labute approximate surface area is 191 Å². The fourth-order valence-electron chi connectivity index (χ4n) is 3.13. The largest absolute Gasteiger partial charge is 0.497 e. The summed E-state index contributed by atoms with van der Waals surface area (Å²) >= 11 is 0. The van der Waals surface area contributed by atoms with E-state index in [2.05, 4.69) is 16.0 Å². The molecule has 33 heavy (non-hydrogen) atoms. The summed E-state index contributed by atoms with van der Waals surface area (Å²) in [5.74, 6) is -0.793. The number of benzene rings is 3. The third-order valence-electron chi connectivity index (χ3n) is 4.85. The number of nitrogens with one attached hydrogen (secondary N) is 3. The minimum Gasteiger partial charge on any atom is -0.497 e. The summed E-state index contributed by atoms with van der Waals surface area (Å²) in [6, 6.07) is 21.0. The molecule has 0 aliphatic rings. The number of para-hydroxylation sites is 2. The van der Waals surface area contributed by atoms with Gasteiger partial charge in [0.2, 0.25) is 0 Å². The highest BCUT2D eigenvalue weighted by Crippen LogP contribution is 2.18. The van der Waals surface area contributed by atoms with Gasteiger partial charge in [0, 0.05) is 18.7 Å². The Morgan fingerprint density at radius 3 is 2.30 bits per heavy atom. The van der Waals surface area contributed by atoms with Crippen LogP contribution in [-0.4, -0.2) is 31.9 Å². The second kappa shape index (κ2) is 11.3. The summed E-state index contributed by atoms with van der Waals surface area (Å²) in [6.07, 6.45) is 0. The lowest BCUT2D eigenvalue weighted by Crippen LogP contribution is -2.35. The van der Waals surface area contributed by atoms with Crippen molar-refractivity contribution in [2.75, 3.05) is 19.5 Å². The normalized spacial score (nSPS) is 10.1. The smallest absolute Gasteiger partial charge is 0.313 e. The maximum absolute atomic E-state index is 12.7. The van der Waals surface area contributed by atoms with Crippen LogP contribution in [0.15, 0.2) is 72.8 Å². The molecule has 0 aromatic heterocycles. The van der Waals surface area contributed by atoms with Gasteiger partial charge in [-0.25, -0.2) is 0 Å². The van der Waals surface area contributed by atoms with Crippen molar-refractivity contribution in [1.29, 1.82) is 0 Å². The number of rotatable bonds is 8. The Morgan fingerprint density at radius 2 is 1.52 bits per heavy atom. The van der Waals surface area contributed by atoms with Gasteiger partial charge in [0.1, 0.15) is 11.5 Å². The van der Waals surface area contributed by atoms with Crippen LogP contribution in [0.5, 0.6) is 11.5 Å². The third kappa shape index (κ3) is 6.33. The van der Waals surface area contributed by atoms with E-state index in [0.29, 0.717) is 11.5 Å². The van der Waals surface area contributed by atoms with Crippen LogP contribution in [-0.2, 0) is 22.7 Å². The van der Waals surface area contributed by atoms with Crippen LogP contribution in [0.4, 0.5) is 5.69 Å². The molecule has 0 fully saturated rings. The highest BCUT2D eigenvalue weighted by atomic mass is 16.5. The van der Waals surface area contributed by atoms with Crippen molar-refractivity contribution in [3.63, 3.8) is 0 Å². The monoisotopic (exact) mass is 447 g/mol. The molecule has 3 rings (SSSR count). The van der Waals surface area contributed by atoms with E-state index in [9.17, 15) is 14.4 Å². The first-order chi connectivity index (χ1) is 16.0. The van der Waals surface area contributed by atoms with Gasteiger partial charge in [-0.2, -0.15) is 0 Å². The lowest BCUT2D eigenvalue weighted by molar-refractivity contribution is -0.136. The predicted octanol–water partition coefficient (Wildman–Crippen LogP) is 2.89. The fraction of sp³-hybridized carbons (Fsp3) is 0.160. The second-order valence-electron chi connectivity index (χ2n) is 7.03. The minimum absolute atomic E-state index is 0.124. The number of methoxy groups -OCH3 is 2. The lowest BCUT2D eigenvalue weighted by atomic mass is 10.1. The lowest BCUT2D eigenvalue weighted by Gasteiger charge is -2.12. The van der Waals surface area contributed by atoms with Gasteiger partial charge < -0.3 is 25.4 Å². The van der Waals surface area contributed by atoms with E-state index >= 15 is 0 Å². The van der Waals surface area contributed by atoms with Crippen LogP contribution in [0.3, 0.4) is 0 Å². The van der Waals surface area contributed by atoms with Crippen LogP contribution < -0.4 is 25.4 Å². The molecule has 0 saturated heterocycles. The standard InChI is InChI=1S/C25H25N3O5/c1-32-19-10-7-8-17(14-19)15-26-23(29)20-11-4-5-12-21(20)28-25(31)24(30)27-16-18-9-3-6-13-22(18)33-2/h3-14H,15-16H2,1-2H3,(H,26,29)(H,27,30)(H,28,31). The molecule has 0 atom stereocenters. The van der Waals surface area contributed by atoms with Gasteiger partial charge in [0.05, 0.1) is 25.5 Å². The quantitative estimate of drug-likeness (QED) is 0.461. The van der Waals surface area contributed by atoms with Gasteiger partial charge in [0.25, 0.3) is 5.91 Å². The molecule has 3 amide bonds. The van der Waals surface area contributed by atoms with Crippen molar-refractivity contribution in [2.24, 2.45) is 0 Å². The molecule has 0 unspecified atom stereocenters. The maximum atomic E-state index is 12.7. The Kier molecular flexibility index (Phi) is 8.02. The van der Waals surface area contributed by atoms with Gasteiger partial charge in [-0.1, -0.05) is 42.5 Å². The average Bonchev–Trinajstić information content (AvgIpc) is 2.86. The summed E-state index contributed by atoms with van der Waals surface area (Å²) in [5.41, 5.74) is 2.07. The Morgan fingerprint density at radius 1 is 0.758 bits per heavy atom. The van der Waals surface area contributed by atoms with Crippen molar-refractivity contribution < 1.29 is 23.9 Å². The minimum atomic E-state index is -0.877. The zero-order chi connectivity index (χ0) is 23.6. The summed E-state index contributed by atoms with van der Waals surface area (Å²) in [4.78, 5) is 37.4. The van der Waals surface area contributed by atoms with Crippen LogP contribution in [0, 0.1) is 0 Å². The molecule has 0 radical (unpaired) electrons. The van der Waals surface area contributed by atoms with Gasteiger partial charge in [-0.15, -0.1) is 0 Å². The second-order valence-corrected chi connectivity index (χ2v) is 7.03. The van der Waals surface area contributed by atoms with Crippen LogP contribution in [0.2, 0.25) is 0 Å². The Balaban J connectivity index is 1.61. The first kappa shape index (κ1) is 23.3. The van der Waals surface area contributed by atoms with Crippen LogP contribution in [0.1, 0.15) is 21.5 Å². The molecule has 3 aromatic rings. The summed E-state index contributed by atoms with van der Waals surface area (Å²) in [7, 11) is 3.10. The van der Waals surface area contributed by atoms with Crippen LogP contribution >= 0.6 is 0 Å². The molecular formula is C25H25N3O5. The van der Waals surface area contributed by atoms with E-state index in [1.807, 2.05) is 36.4 Å². The molecule has 0 spiro atoms. The van der Waals surface area contributed by atoms with Crippen molar-refractivity contribution in [3.8, 4) is 11.5 Å². The highest BCUT2D eigenvalue weighted by Gasteiger charge is 2.18. The van der Waals surface area contributed by atoms with E-state index in [0.717, 1.165) is 11.1 Å². The molecule has 0 aliphatic heterocycles. The number of hydrogen-bond acceptors (Lipinski definition) is 5. The Bertz CT molecular complexity index is 1150. The molecule has 3 aromatic carbocycles. The first-order valence-corrected chi connectivity index (χ1v) is 10.2. The molecule has 0 bridgehead atoms. The number of carbonyl (C=O) groups excluding carboxylic acids is 3. The van der Waals surface area contributed by atoms with E-state index in [-0.39, 0.29) is 30.2 Å². The van der Waals surface area contributed by atoms with Crippen LogP contribution in [0.25, 0.3) is 0 Å². The summed E-state index contributed by atoms with van der Waals surface area (Å²) < 4.78 is 10.4. The van der Waals surface area contributed by atoms with Gasteiger partial charge >= 0.3 is 11.8 Å². The average molecular weight is 447 g/mol. The van der Waals surface area contributed by atoms with Crippen molar-refractivity contribution in [2.45, 2.75) is 13.1 Å². The predicted molar refractivity (Wildman–Crippen MR) is 124 cm³/mol. The molecule has 0 saturated carbocycles. The molecular weight excluding hydrogens is 422 g/mol. The fourth-order valence-corrected chi connectivity index (χ4v) is 3.13. The van der Waals surface area contributed by atoms with Crippen molar-refractivity contribution >= 4 is 23.4 Å². The molecule has 8 nitrogen and oxygen atoms in total. The zero-order valence-corrected chi connectivity index (χ0v) is 18.4. The van der Waals surface area contributed by atoms with Crippen molar-refractivity contribution in [3.05, 3.63) is 89.5 Å². The summed E-state index contributed by atoms with van der Waals surface area (Å²) in [5, 5.41) is 7.87. The number of amides is 3. The zero-order valence-electron chi connectivity index (χ0n) is 18.4. The molecule has 8 heteroatoms.